The third-order valence-corrected chi connectivity index (χ3v) is 7.91. The van der Waals surface area contributed by atoms with Gasteiger partial charge in [0.2, 0.25) is 15.9 Å². The van der Waals surface area contributed by atoms with E-state index in [0.29, 0.717) is 32.7 Å². The van der Waals surface area contributed by atoms with Gasteiger partial charge in [0.1, 0.15) is 4.90 Å². The summed E-state index contributed by atoms with van der Waals surface area (Å²) in [5, 5.41) is 1.43. The Morgan fingerprint density at radius 2 is 1.61 bits per heavy atom. The summed E-state index contributed by atoms with van der Waals surface area (Å²) >= 11 is 24.5. The Morgan fingerprint density at radius 1 is 0.909 bits per heavy atom. The van der Waals surface area contributed by atoms with Gasteiger partial charge in [0.25, 0.3) is 0 Å². The minimum Gasteiger partial charge on any atom is -0.314 e. The van der Waals surface area contributed by atoms with E-state index in [4.69, 9.17) is 46.4 Å². The number of benzene rings is 3. The fraction of sp³-hybridized carbons (Fsp3) is 0.174. The fourth-order valence-corrected chi connectivity index (χ4v) is 5.40. The number of carbonyl (C=O) groups excluding carboxylic acids is 1. The SMILES string of the molecule is Cc1cc(S(=O)(=O)NCC(=O)N(C)c2ccc(Cl)cc2Cc2ccccc2Cl)c(Cl)cc1Cl. The second kappa shape index (κ2) is 10.6. The molecule has 0 unspecified atom stereocenters. The van der Waals surface area contributed by atoms with Crippen molar-refractivity contribution in [3.8, 4) is 0 Å². The molecule has 0 atom stereocenters. The molecule has 0 aliphatic rings. The van der Waals surface area contributed by atoms with Gasteiger partial charge in [-0.3, -0.25) is 4.79 Å². The van der Waals surface area contributed by atoms with Crippen LogP contribution in [0.5, 0.6) is 0 Å². The van der Waals surface area contributed by atoms with Crippen LogP contribution in [0.25, 0.3) is 0 Å². The molecule has 0 aliphatic heterocycles. The summed E-state index contributed by atoms with van der Waals surface area (Å²) in [5.41, 5.74) is 2.78. The molecule has 0 spiro atoms. The van der Waals surface area contributed by atoms with Gasteiger partial charge in [-0.05, 0) is 60.0 Å². The number of hydrogen-bond acceptors (Lipinski definition) is 3. The molecule has 33 heavy (non-hydrogen) atoms. The normalized spacial score (nSPS) is 11.5. The van der Waals surface area contributed by atoms with Crippen LogP contribution < -0.4 is 9.62 Å². The molecule has 3 rings (SSSR count). The Labute approximate surface area is 213 Å². The molecule has 5 nitrogen and oxygen atoms in total. The largest absolute Gasteiger partial charge is 0.314 e. The third-order valence-electron chi connectivity index (χ3n) is 5.03. The van der Waals surface area contributed by atoms with Crippen LogP contribution >= 0.6 is 46.4 Å². The van der Waals surface area contributed by atoms with Crippen molar-refractivity contribution in [1.82, 2.24) is 4.72 Å². The van der Waals surface area contributed by atoms with Gasteiger partial charge in [-0.15, -0.1) is 0 Å². The minimum absolute atomic E-state index is 0.0290. The van der Waals surface area contributed by atoms with Gasteiger partial charge in [0, 0.05) is 34.2 Å². The first-order valence-electron chi connectivity index (χ1n) is 9.73. The van der Waals surface area contributed by atoms with E-state index in [0.717, 1.165) is 11.1 Å². The van der Waals surface area contributed by atoms with E-state index in [1.54, 1.807) is 38.2 Å². The van der Waals surface area contributed by atoms with Crippen LogP contribution in [0.15, 0.2) is 59.5 Å². The van der Waals surface area contributed by atoms with Gasteiger partial charge in [0.05, 0.1) is 11.6 Å². The van der Waals surface area contributed by atoms with Crippen molar-refractivity contribution >= 4 is 68.0 Å². The summed E-state index contributed by atoms with van der Waals surface area (Å²) in [6.45, 7) is 1.20. The Hall–Kier alpha value is -1.80. The first-order valence-corrected chi connectivity index (χ1v) is 12.7. The average molecular weight is 546 g/mol. The zero-order chi connectivity index (χ0) is 24.3. The number of rotatable bonds is 7. The van der Waals surface area contributed by atoms with Crippen LogP contribution in [0.3, 0.4) is 0 Å². The molecule has 10 heteroatoms. The van der Waals surface area contributed by atoms with Crippen molar-refractivity contribution in [3.63, 3.8) is 0 Å². The van der Waals surface area contributed by atoms with Crippen molar-refractivity contribution < 1.29 is 13.2 Å². The maximum Gasteiger partial charge on any atom is 0.242 e. The van der Waals surface area contributed by atoms with E-state index in [1.165, 1.54) is 17.0 Å². The maximum absolute atomic E-state index is 12.9. The summed E-state index contributed by atoms with van der Waals surface area (Å²) in [6, 6.07) is 15.2. The number of anilines is 1. The summed E-state index contributed by atoms with van der Waals surface area (Å²) < 4.78 is 27.8. The molecule has 0 saturated carbocycles. The molecule has 0 fully saturated rings. The van der Waals surface area contributed by atoms with Gasteiger partial charge in [0.15, 0.2) is 0 Å². The lowest BCUT2D eigenvalue weighted by Crippen LogP contribution is -2.38. The predicted molar refractivity (Wildman–Crippen MR) is 136 cm³/mol. The van der Waals surface area contributed by atoms with Gasteiger partial charge in [-0.25, -0.2) is 13.1 Å². The highest BCUT2D eigenvalue weighted by Crippen LogP contribution is 2.30. The van der Waals surface area contributed by atoms with E-state index in [-0.39, 0.29) is 9.92 Å². The molecule has 0 saturated heterocycles. The van der Waals surface area contributed by atoms with Gasteiger partial charge < -0.3 is 4.90 Å². The molecule has 0 radical (unpaired) electrons. The van der Waals surface area contributed by atoms with Crippen LogP contribution in [0, 0.1) is 6.92 Å². The van der Waals surface area contributed by atoms with Crippen molar-refractivity contribution in [2.45, 2.75) is 18.2 Å². The number of nitrogens with one attached hydrogen (secondary N) is 1. The van der Waals surface area contributed by atoms with Gasteiger partial charge in [-0.1, -0.05) is 64.6 Å². The number of nitrogens with zero attached hydrogens (tertiary/aromatic N) is 1. The molecule has 3 aromatic carbocycles. The lowest BCUT2D eigenvalue weighted by atomic mass is 10.0. The summed E-state index contributed by atoms with van der Waals surface area (Å²) in [6.07, 6.45) is 0.443. The Kier molecular flexibility index (Phi) is 8.32. The fourth-order valence-electron chi connectivity index (χ4n) is 3.19. The maximum atomic E-state index is 12.9. The van der Waals surface area contributed by atoms with E-state index in [1.807, 2.05) is 18.2 Å². The van der Waals surface area contributed by atoms with Crippen molar-refractivity contribution in [2.75, 3.05) is 18.5 Å². The number of sulfonamides is 1. The number of amides is 1. The lowest BCUT2D eigenvalue weighted by molar-refractivity contribution is -0.117. The first kappa shape index (κ1) is 25.8. The highest BCUT2D eigenvalue weighted by molar-refractivity contribution is 7.89. The summed E-state index contributed by atoms with van der Waals surface area (Å²) in [5.74, 6) is -0.469. The lowest BCUT2D eigenvalue weighted by Gasteiger charge is -2.22. The highest BCUT2D eigenvalue weighted by Gasteiger charge is 2.22. The molecule has 0 aromatic heterocycles. The Morgan fingerprint density at radius 3 is 2.30 bits per heavy atom. The predicted octanol–water partition coefficient (Wildman–Crippen LogP) is 6.14. The molecule has 0 bridgehead atoms. The Bertz CT molecular complexity index is 1310. The van der Waals surface area contributed by atoms with Gasteiger partial charge in [-0.2, -0.15) is 0 Å². The van der Waals surface area contributed by atoms with E-state index in [9.17, 15) is 13.2 Å². The van der Waals surface area contributed by atoms with Crippen LogP contribution in [0.4, 0.5) is 5.69 Å². The molecule has 1 amide bonds. The van der Waals surface area contributed by atoms with Crippen molar-refractivity contribution in [1.29, 1.82) is 0 Å². The van der Waals surface area contributed by atoms with Gasteiger partial charge >= 0.3 is 0 Å². The topological polar surface area (TPSA) is 66.5 Å². The quantitative estimate of drug-likeness (QED) is 0.387. The molecular formula is C23H20Cl4N2O3S. The molecular weight excluding hydrogens is 526 g/mol. The summed E-state index contributed by atoms with van der Waals surface area (Å²) in [4.78, 5) is 14.1. The van der Waals surface area contributed by atoms with E-state index < -0.39 is 22.5 Å². The number of halogens is 4. The second-order valence-corrected chi connectivity index (χ2v) is 10.7. The molecule has 3 aromatic rings. The Balaban J connectivity index is 1.80. The monoisotopic (exact) mass is 544 g/mol. The number of likely N-dealkylation sites (N-methyl/N-ethyl adjacent to an activating group) is 1. The molecule has 0 heterocycles. The van der Waals surface area contributed by atoms with Crippen LogP contribution in [-0.4, -0.2) is 27.9 Å². The molecule has 1 N–H and O–H groups in total. The zero-order valence-electron chi connectivity index (χ0n) is 17.7. The second-order valence-electron chi connectivity index (χ2n) is 7.35. The number of aryl methyl sites for hydroxylation is 1. The molecule has 0 aliphatic carbocycles. The van der Waals surface area contributed by atoms with Crippen LogP contribution in [0.1, 0.15) is 16.7 Å². The van der Waals surface area contributed by atoms with Crippen molar-refractivity contribution in [3.05, 3.63) is 91.4 Å². The van der Waals surface area contributed by atoms with Crippen molar-refractivity contribution in [2.24, 2.45) is 0 Å². The standard InChI is InChI=1S/C23H20Cl4N2O3S/c1-14-9-22(20(27)12-19(14)26)33(31,32)28-13-23(30)29(2)21-8-7-17(24)11-16(21)10-15-5-3-4-6-18(15)25/h3-9,11-12,28H,10,13H2,1-2H3. The van der Waals surface area contributed by atoms with Crippen LogP contribution in [0.2, 0.25) is 20.1 Å². The average Bonchev–Trinajstić information content (AvgIpc) is 2.76. The van der Waals surface area contributed by atoms with E-state index in [2.05, 4.69) is 4.72 Å². The zero-order valence-corrected chi connectivity index (χ0v) is 21.5. The first-order chi connectivity index (χ1) is 15.5. The minimum atomic E-state index is -4.04. The molecule has 174 valence electrons. The third kappa shape index (κ3) is 6.21. The number of hydrogen-bond donors (Lipinski definition) is 1. The highest BCUT2D eigenvalue weighted by atomic mass is 35.5. The van der Waals surface area contributed by atoms with E-state index >= 15 is 0 Å². The smallest absolute Gasteiger partial charge is 0.242 e. The summed E-state index contributed by atoms with van der Waals surface area (Å²) in [7, 11) is -2.47. The van der Waals surface area contributed by atoms with Crippen LogP contribution in [-0.2, 0) is 21.2 Å². The number of carbonyl (C=O) groups is 1.